The van der Waals surface area contributed by atoms with Gasteiger partial charge in [0, 0.05) is 3.57 Å². The molecular formula is C16H16ClFIN. The smallest absolute Gasteiger partial charge is 0.126 e. The summed E-state index contributed by atoms with van der Waals surface area (Å²) in [6, 6.07) is 11.3. The van der Waals surface area contributed by atoms with Crippen LogP contribution in [-0.4, -0.2) is 6.54 Å². The van der Waals surface area contributed by atoms with Crippen molar-refractivity contribution in [1.29, 1.82) is 0 Å². The molecule has 106 valence electrons. The van der Waals surface area contributed by atoms with Crippen molar-refractivity contribution in [2.24, 2.45) is 0 Å². The highest BCUT2D eigenvalue weighted by Crippen LogP contribution is 2.28. The maximum atomic E-state index is 13.8. The van der Waals surface area contributed by atoms with Crippen LogP contribution in [0.25, 0.3) is 0 Å². The van der Waals surface area contributed by atoms with Crippen LogP contribution in [0.15, 0.2) is 36.4 Å². The summed E-state index contributed by atoms with van der Waals surface area (Å²) in [4.78, 5) is 0. The van der Waals surface area contributed by atoms with Crippen LogP contribution in [-0.2, 0) is 0 Å². The summed E-state index contributed by atoms with van der Waals surface area (Å²) in [5.41, 5.74) is 2.61. The molecule has 0 bridgehead atoms. The SMILES string of the molecule is CCNC(c1ccc(C)c(F)c1)c1ccc(I)c(Cl)c1. The Labute approximate surface area is 137 Å². The zero-order valence-electron chi connectivity index (χ0n) is 11.4. The predicted octanol–water partition coefficient (Wildman–Crippen LogP) is 5.09. The van der Waals surface area contributed by atoms with Crippen LogP contribution in [0.4, 0.5) is 4.39 Å². The Kier molecular flexibility index (Phi) is 5.41. The fourth-order valence-corrected chi connectivity index (χ4v) is 2.64. The third-order valence-corrected chi connectivity index (χ3v) is 4.79. The van der Waals surface area contributed by atoms with E-state index in [2.05, 4.69) is 27.9 Å². The third-order valence-electron chi connectivity index (χ3n) is 3.21. The fraction of sp³-hybridized carbons (Fsp3) is 0.250. The van der Waals surface area contributed by atoms with Crippen molar-refractivity contribution in [1.82, 2.24) is 5.32 Å². The molecule has 0 aromatic heterocycles. The van der Waals surface area contributed by atoms with E-state index >= 15 is 0 Å². The molecule has 1 unspecified atom stereocenters. The Morgan fingerprint density at radius 2 is 1.85 bits per heavy atom. The van der Waals surface area contributed by atoms with Crippen LogP contribution < -0.4 is 5.32 Å². The summed E-state index contributed by atoms with van der Waals surface area (Å²) >= 11 is 8.39. The molecule has 2 aromatic rings. The van der Waals surface area contributed by atoms with E-state index in [1.165, 1.54) is 0 Å². The van der Waals surface area contributed by atoms with Gasteiger partial charge in [0.2, 0.25) is 0 Å². The van der Waals surface area contributed by atoms with E-state index < -0.39 is 0 Å². The minimum Gasteiger partial charge on any atom is -0.307 e. The van der Waals surface area contributed by atoms with Crippen molar-refractivity contribution < 1.29 is 4.39 Å². The van der Waals surface area contributed by atoms with E-state index in [-0.39, 0.29) is 11.9 Å². The van der Waals surface area contributed by atoms with Gasteiger partial charge in [-0.05, 0) is 70.9 Å². The van der Waals surface area contributed by atoms with Gasteiger partial charge in [-0.3, -0.25) is 0 Å². The molecule has 0 radical (unpaired) electrons. The predicted molar refractivity (Wildman–Crippen MR) is 90.8 cm³/mol. The first-order valence-corrected chi connectivity index (χ1v) is 7.93. The summed E-state index contributed by atoms with van der Waals surface area (Å²) < 4.78 is 14.8. The molecule has 1 N–H and O–H groups in total. The van der Waals surface area contributed by atoms with Crippen molar-refractivity contribution in [2.75, 3.05) is 6.54 Å². The van der Waals surface area contributed by atoms with Crippen LogP contribution in [0, 0.1) is 16.3 Å². The first kappa shape index (κ1) is 15.7. The van der Waals surface area contributed by atoms with E-state index in [0.717, 1.165) is 26.3 Å². The molecule has 0 fully saturated rings. The lowest BCUT2D eigenvalue weighted by molar-refractivity contribution is 0.597. The van der Waals surface area contributed by atoms with Gasteiger partial charge >= 0.3 is 0 Å². The number of halogens is 3. The van der Waals surface area contributed by atoms with E-state index in [1.807, 2.05) is 37.3 Å². The molecule has 2 rings (SSSR count). The standard InChI is InChI=1S/C16H16ClFIN/c1-3-20-16(11-6-7-15(19)13(17)8-11)12-5-4-10(2)14(18)9-12/h4-9,16,20H,3H2,1-2H3. The molecular weight excluding hydrogens is 388 g/mol. The lowest BCUT2D eigenvalue weighted by Crippen LogP contribution is -2.22. The van der Waals surface area contributed by atoms with Crippen LogP contribution in [0.3, 0.4) is 0 Å². The molecule has 0 spiro atoms. The minimum atomic E-state index is -0.179. The Balaban J connectivity index is 2.44. The maximum absolute atomic E-state index is 13.8. The topological polar surface area (TPSA) is 12.0 Å². The highest BCUT2D eigenvalue weighted by molar-refractivity contribution is 14.1. The monoisotopic (exact) mass is 403 g/mol. The summed E-state index contributed by atoms with van der Waals surface area (Å²) in [6.07, 6.45) is 0. The quantitative estimate of drug-likeness (QED) is 0.701. The molecule has 0 aliphatic carbocycles. The van der Waals surface area contributed by atoms with Gasteiger partial charge in [0.15, 0.2) is 0 Å². The summed E-state index contributed by atoms with van der Waals surface area (Å²) in [5, 5.41) is 4.10. The number of benzene rings is 2. The second-order valence-electron chi connectivity index (χ2n) is 4.67. The molecule has 20 heavy (non-hydrogen) atoms. The summed E-state index contributed by atoms with van der Waals surface area (Å²) in [7, 11) is 0. The first-order chi connectivity index (χ1) is 9.52. The minimum absolute atomic E-state index is 0.0513. The zero-order valence-corrected chi connectivity index (χ0v) is 14.3. The normalized spacial score (nSPS) is 12.4. The van der Waals surface area contributed by atoms with Crippen molar-refractivity contribution in [2.45, 2.75) is 19.9 Å². The molecule has 4 heteroatoms. The van der Waals surface area contributed by atoms with Crippen LogP contribution in [0.2, 0.25) is 5.02 Å². The third kappa shape index (κ3) is 3.51. The van der Waals surface area contributed by atoms with Gasteiger partial charge in [-0.25, -0.2) is 4.39 Å². The molecule has 0 aliphatic heterocycles. The van der Waals surface area contributed by atoms with Crippen LogP contribution >= 0.6 is 34.2 Å². The summed E-state index contributed by atoms with van der Waals surface area (Å²) in [6.45, 7) is 4.60. The first-order valence-electron chi connectivity index (χ1n) is 6.47. The molecule has 0 saturated carbocycles. The van der Waals surface area contributed by atoms with Crippen LogP contribution in [0.1, 0.15) is 29.7 Å². The van der Waals surface area contributed by atoms with E-state index in [0.29, 0.717) is 5.56 Å². The van der Waals surface area contributed by atoms with Gasteiger partial charge in [0.25, 0.3) is 0 Å². The second-order valence-corrected chi connectivity index (χ2v) is 6.24. The maximum Gasteiger partial charge on any atom is 0.126 e. The molecule has 0 heterocycles. The molecule has 0 aliphatic rings. The van der Waals surface area contributed by atoms with Crippen molar-refractivity contribution in [3.8, 4) is 0 Å². The number of nitrogens with one attached hydrogen (secondary N) is 1. The Bertz CT molecular complexity index is 564. The van der Waals surface area contributed by atoms with Gasteiger partial charge in [0.05, 0.1) is 11.1 Å². The lowest BCUT2D eigenvalue weighted by Gasteiger charge is -2.20. The van der Waals surface area contributed by atoms with Gasteiger partial charge in [-0.1, -0.05) is 36.7 Å². The number of aryl methyl sites for hydroxylation is 1. The van der Waals surface area contributed by atoms with Gasteiger partial charge < -0.3 is 5.32 Å². The van der Waals surface area contributed by atoms with Gasteiger partial charge in [-0.15, -0.1) is 0 Å². The number of hydrogen-bond acceptors (Lipinski definition) is 1. The van der Waals surface area contributed by atoms with Crippen molar-refractivity contribution >= 4 is 34.2 Å². The highest BCUT2D eigenvalue weighted by Gasteiger charge is 2.15. The molecule has 1 atom stereocenters. The Hall–Kier alpha value is -0.650. The second kappa shape index (κ2) is 6.87. The average Bonchev–Trinajstić information content (AvgIpc) is 2.43. The van der Waals surface area contributed by atoms with Crippen molar-refractivity contribution in [3.05, 3.63) is 67.5 Å². The van der Waals surface area contributed by atoms with E-state index in [4.69, 9.17) is 11.6 Å². The number of rotatable bonds is 4. The number of hydrogen-bond donors (Lipinski definition) is 1. The largest absolute Gasteiger partial charge is 0.307 e. The van der Waals surface area contributed by atoms with Crippen LogP contribution in [0.5, 0.6) is 0 Å². The zero-order chi connectivity index (χ0) is 14.7. The fourth-order valence-electron chi connectivity index (χ4n) is 2.11. The summed E-state index contributed by atoms with van der Waals surface area (Å²) in [5.74, 6) is -0.179. The van der Waals surface area contributed by atoms with E-state index in [1.54, 1.807) is 13.0 Å². The van der Waals surface area contributed by atoms with Gasteiger partial charge in [-0.2, -0.15) is 0 Å². The van der Waals surface area contributed by atoms with E-state index in [9.17, 15) is 4.39 Å². The van der Waals surface area contributed by atoms with Crippen molar-refractivity contribution in [3.63, 3.8) is 0 Å². The lowest BCUT2D eigenvalue weighted by atomic mass is 9.97. The molecule has 1 nitrogen and oxygen atoms in total. The van der Waals surface area contributed by atoms with Gasteiger partial charge in [0.1, 0.15) is 5.82 Å². The molecule has 0 amide bonds. The Morgan fingerprint density at radius 3 is 2.45 bits per heavy atom. The highest BCUT2D eigenvalue weighted by atomic mass is 127. The average molecular weight is 404 g/mol. The molecule has 2 aromatic carbocycles. The molecule has 0 saturated heterocycles. The Morgan fingerprint density at radius 1 is 1.20 bits per heavy atom.